The van der Waals surface area contributed by atoms with E-state index in [1.54, 1.807) is 28.6 Å². The van der Waals surface area contributed by atoms with Crippen molar-refractivity contribution in [3.8, 4) is 16.3 Å². The predicted octanol–water partition coefficient (Wildman–Crippen LogP) is 5.60. The topological polar surface area (TPSA) is 51.3 Å². The van der Waals surface area contributed by atoms with Crippen molar-refractivity contribution in [3.05, 3.63) is 88.7 Å². The molecule has 3 aromatic heterocycles. The van der Waals surface area contributed by atoms with E-state index >= 15 is 0 Å². The molecule has 4 heterocycles. The molecule has 4 aromatic rings. The number of thiocarbonyl (C=S) groups is 1. The maximum absolute atomic E-state index is 13.0. The summed E-state index contributed by atoms with van der Waals surface area (Å²) >= 11 is 8.36. The fourth-order valence-electron chi connectivity index (χ4n) is 3.15. The van der Waals surface area contributed by atoms with Crippen molar-refractivity contribution in [2.75, 3.05) is 0 Å². The Kier molecular flexibility index (Phi) is 5.12. The number of furan rings is 1. The number of para-hydroxylation sites is 1. The zero-order valence-electron chi connectivity index (χ0n) is 15.6. The third-order valence-electron chi connectivity index (χ3n) is 4.57. The Morgan fingerprint density at radius 2 is 1.97 bits per heavy atom. The Morgan fingerprint density at radius 1 is 1.10 bits per heavy atom. The van der Waals surface area contributed by atoms with Crippen LogP contribution >= 0.6 is 35.3 Å². The lowest BCUT2D eigenvalue weighted by molar-refractivity contribution is -0.122. The second-order valence-corrected chi connectivity index (χ2v) is 9.16. The third kappa shape index (κ3) is 3.65. The zero-order valence-corrected chi connectivity index (χ0v) is 18.0. The summed E-state index contributed by atoms with van der Waals surface area (Å²) in [5.74, 6) is 0.578. The smallest absolute Gasteiger partial charge is 0.266 e. The highest BCUT2D eigenvalue weighted by atomic mass is 32.2. The molecule has 1 aromatic carbocycles. The number of aromatic nitrogens is 2. The monoisotopic (exact) mass is 449 g/mol. The number of rotatable bonds is 5. The molecule has 1 amide bonds. The van der Waals surface area contributed by atoms with Gasteiger partial charge in [0.05, 0.1) is 28.3 Å². The third-order valence-corrected chi connectivity index (χ3v) is 6.83. The minimum atomic E-state index is -0.119. The summed E-state index contributed by atoms with van der Waals surface area (Å²) in [6.45, 7) is 0.329. The molecule has 1 saturated heterocycles. The molecule has 0 radical (unpaired) electrons. The van der Waals surface area contributed by atoms with Crippen LogP contribution in [0.25, 0.3) is 22.3 Å². The first kappa shape index (κ1) is 19.0. The van der Waals surface area contributed by atoms with Crippen molar-refractivity contribution in [2.24, 2.45) is 0 Å². The van der Waals surface area contributed by atoms with E-state index in [0.29, 0.717) is 21.5 Å². The van der Waals surface area contributed by atoms with E-state index in [2.05, 4.69) is 0 Å². The Morgan fingerprint density at radius 3 is 2.70 bits per heavy atom. The SMILES string of the molecule is O=C1/C(=C/c2cn(-c3ccccc3)nc2-c2cccs2)SC(=S)N1Cc1ccco1. The number of hydrogen-bond acceptors (Lipinski definition) is 6. The molecule has 0 spiro atoms. The van der Waals surface area contributed by atoms with Gasteiger partial charge in [-0.25, -0.2) is 4.68 Å². The van der Waals surface area contributed by atoms with Gasteiger partial charge in [0.2, 0.25) is 0 Å². The number of amides is 1. The molecule has 5 rings (SSSR count). The molecule has 1 fully saturated rings. The Hall–Kier alpha value is -2.94. The lowest BCUT2D eigenvalue weighted by Crippen LogP contribution is -2.27. The summed E-state index contributed by atoms with van der Waals surface area (Å²) in [5, 5.41) is 6.81. The van der Waals surface area contributed by atoms with Crippen LogP contribution in [0.3, 0.4) is 0 Å². The van der Waals surface area contributed by atoms with Crippen molar-refractivity contribution in [2.45, 2.75) is 6.54 Å². The van der Waals surface area contributed by atoms with E-state index in [0.717, 1.165) is 21.8 Å². The maximum Gasteiger partial charge on any atom is 0.266 e. The van der Waals surface area contributed by atoms with Gasteiger partial charge < -0.3 is 4.42 Å². The number of benzene rings is 1. The number of thioether (sulfide) groups is 1. The van der Waals surface area contributed by atoms with Crippen LogP contribution in [0, 0.1) is 0 Å². The van der Waals surface area contributed by atoms with Crippen LogP contribution in [-0.4, -0.2) is 24.9 Å². The quantitative estimate of drug-likeness (QED) is 0.293. The van der Waals surface area contributed by atoms with E-state index in [4.69, 9.17) is 21.7 Å². The highest BCUT2D eigenvalue weighted by Gasteiger charge is 2.33. The molecule has 8 heteroatoms. The summed E-state index contributed by atoms with van der Waals surface area (Å²) in [5.41, 5.74) is 2.67. The van der Waals surface area contributed by atoms with Crippen molar-refractivity contribution in [3.63, 3.8) is 0 Å². The number of thiophene rings is 1. The predicted molar refractivity (Wildman–Crippen MR) is 124 cm³/mol. The van der Waals surface area contributed by atoms with Gasteiger partial charge in [0.15, 0.2) is 0 Å². The van der Waals surface area contributed by atoms with Gasteiger partial charge >= 0.3 is 0 Å². The number of carbonyl (C=O) groups is 1. The molecule has 0 saturated carbocycles. The van der Waals surface area contributed by atoms with E-state index in [-0.39, 0.29) is 5.91 Å². The van der Waals surface area contributed by atoms with Crippen LogP contribution in [-0.2, 0) is 11.3 Å². The highest BCUT2D eigenvalue weighted by Crippen LogP contribution is 2.36. The molecule has 148 valence electrons. The molecule has 0 aliphatic carbocycles. The van der Waals surface area contributed by atoms with Crippen LogP contribution in [0.15, 0.2) is 81.8 Å². The number of hydrogen-bond donors (Lipinski definition) is 0. The standard InChI is InChI=1S/C22H15N3O2S3/c26-21-19(30-22(28)24(21)14-17-8-4-10-27-17)12-15-13-25(16-6-2-1-3-7-16)23-20(15)18-9-5-11-29-18/h1-13H,14H2/b19-12-. The lowest BCUT2D eigenvalue weighted by atomic mass is 10.2. The van der Waals surface area contributed by atoms with Crippen LogP contribution in [0.4, 0.5) is 0 Å². The minimum absolute atomic E-state index is 0.119. The van der Waals surface area contributed by atoms with E-state index < -0.39 is 0 Å². The van der Waals surface area contributed by atoms with Gasteiger partial charge in [-0.15, -0.1) is 11.3 Å². The summed E-state index contributed by atoms with van der Waals surface area (Å²) in [4.78, 5) is 16.2. The first-order valence-corrected chi connectivity index (χ1v) is 11.3. The van der Waals surface area contributed by atoms with Crippen molar-refractivity contribution in [1.29, 1.82) is 0 Å². The average molecular weight is 450 g/mol. The van der Waals surface area contributed by atoms with Crippen molar-refractivity contribution in [1.82, 2.24) is 14.7 Å². The molecule has 0 bridgehead atoms. The Bertz CT molecular complexity index is 1230. The van der Waals surface area contributed by atoms with E-state index in [1.807, 2.05) is 70.9 Å². The zero-order chi connectivity index (χ0) is 20.5. The van der Waals surface area contributed by atoms with Crippen molar-refractivity contribution < 1.29 is 9.21 Å². The molecule has 0 unspecified atom stereocenters. The second-order valence-electron chi connectivity index (χ2n) is 6.54. The first-order chi connectivity index (χ1) is 14.7. The fraction of sp³-hybridized carbons (Fsp3) is 0.0455. The van der Waals surface area contributed by atoms with Gasteiger partial charge in [0.25, 0.3) is 5.91 Å². The molecule has 1 aliphatic rings. The maximum atomic E-state index is 13.0. The van der Waals surface area contributed by atoms with Crippen molar-refractivity contribution >= 4 is 51.6 Å². The normalized spacial score (nSPS) is 15.5. The molecule has 5 nitrogen and oxygen atoms in total. The van der Waals surface area contributed by atoms with E-state index in [9.17, 15) is 4.79 Å². The lowest BCUT2D eigenvalue weighted by Gasteiger charge is -2.11. The molecule has 0 atom stereocenters. The minimum Gasteiger partial charge on any atom is -0.467 e. The summed E-state index contributed by atoms with van der Waals surface area (Å²) in [6, 6.07) is 17.6. The van der Waals surface area contributed by atoms with Gasteiger partial charge in [-0.1, -0.05) is 48.2 Å². The number of nitrogens with zero attached hydrogens (tertiary/aromatic N) is 3. The van der Waals surface area contributed by atoms with Gasteiger partial charge in [-0.05, 0) is 41.8 Å². The van der Waals surface area contributed by atoms with Crippen LogP contribution in [0.5, 0.6) is 0 Å². The fourth-order valence-corrected chi connectivity index (χ4v) is 5.12. The van der Waals surface area contributed by atoms with Crippen LogP contribution < -0.4 is 0 Å². The molecule has 30 heavy (non-hydrogen) atoms. The highest BCUT2D eigenvalue weighted by molar-refractivity contribution is 8.26. The van der Waals surface area contributed by atoms with Crippen LogP contribution in [0.1, 0.15) is 11.3 Å². The summed E-state index contributed by atoms with van der Waals surface area (Å²) in [6.07, 6.45) is 5.42. The van der Waals surface area contributed by atoms with Crippen LogP contribution in [0.2, 0.25) is 0 Å². The molecular formula is C22H15N3O2S3. The molecule has 1 aliphatic heterocycles. The average Bonchev–Trinajstić information content (AvgIpc) is 3.55. The Labute approximate surface area is 186 Å². The summed E-state index contributed by atoms with van der Waals surface area (Å²) < 4.78 is 7.73. The summed E-state index contributed by atoms with van der Waals surface area (Å²) in [7, 11) is 0. The van der Waals surface area contributed by atoms with E-state index in [1.165, 1.54) is 11.8 Å². The Balaban J connectivity index is 1.52. The van der Waals surface area contributed by atoms with Gasteiger partial charge in [0, 0.05) is 11.8 Å². The largest absolute Gasteiger partial charge is 0.467 e. The molecular weight excluding hydrogens is 434 g/mol. The second kappa shape index (κ2) is 8.06. The van der Waals surface area contributed by atoms with Gasteiger partial charge in [0.1, 0.15) is 15.8 Å². The molecule has 0 N–H and O–H groups in total. The number of carbonyl (C=O) groups excluding carboxylic acids is 1. The van der Waals surface area contributed by atoms with Gasteiger partial charge in [-0.2, -0.15) is 5.10 Å². The first-order valence-electron chi connectivity index (χ1n) is 9.16. The van der Waals surface area contributed by atoms with Gasteiger partial charge in [-0.3, -0.25) is 9.69 Å².